The molecule has 2 aliphatic rings. The van der Waals surface area contributed by atoms with Crippen LogP contribution in [0.2, 0.25) is 5.02 Å². The van der Waals surface area contributed by atoms with Gasteiger partial charge in [-0.05, 0) is 65.4 Å². The zero-order valence-corrected chi connectivity index (χ0v) is 26.5. The fourth-order valence-corrected chi connectivity index (χ4v) is 6.90. The second-order valence-electron chi connectivity index (χ2n) is 11.1. The summed E-state index contributed by atoms with van der Waals surface area (Å²) in [6, 6.07) is 15.8. The molecule has 4 heterocycles. The SMILES string of the molecule is C=C(F)C(=O)N1CCN(c2nc(OCC3CCCN3C)nc3cc(-c4cccc5cccc(Cl)c45)c(Br)nc23)CC1CC#N. The number of hydrogen-bond donors (Lipinski definition) is 0. The number of ether oxygens (including phenoxy) is 1. The second-order valence-corrected chi connectivity index (χ2v) is 12.3. The Kier molecular flexibility index (Phi) is 8.67. The molecule has 2 aromatic heterocycles. The van der Waals surface area contributed by atoms with Crippen molar-refractivity contribution in [1.82, 2.24) is 24.8 Å². The third kappa shape index (κ3) is 5.82. The first-order chi connectivity index (χ1) is 21.2. The minimum atomic E-state index is -1.05. The average molecular weight is 679 g/mol. The highest BCUT2D eigenvalue weighted by atomic mass is 79.9. The van der Waals surface area contributed by atoms with Crippen LogP contribution in [0.15, 0.2) is 59.5 Å². The molecule has 9 nitrogen and oxygen atoms in total. The van der Waals surface area contributed by atoms with Gasteiger partial charge in [-0.2, -0.15) is 15.2 Å². The van der Waals surface area contributed by atoms with Crippen LogP contribution in [0.25, 0.3) is 32.9 Å². The number of amides is 1. The van der Waals surface area contributed by atoms with Gasteiger partial charge in [-0.3, -0.25) is 4.79 Å². The summed E-state index contributed by atoms with van der Waals surface area (Å²) in [5.41, 5.74) is 2.81. The first kappa shape index (κ1) is 30.2. The monoisotopic (exact) mass is 677 g/mol. The van der Waals surface area contributed by atoms with E-state index in [9.17, 15) is 14.4 Å². The van der Waals surface area contributed by atoms with Crippen molar-refractivity contribution in [2.24, 2.45) is 0 Å². The van der Waals surface area contributed by atoms with Crippen LogP contribution in [-0.4, -0.2) is 82.6 Å². The number of carbonyl (C=O) groups excluding carboxylic acids is 1. The number of likely N-dealkylation sites (tertiary alicyclic amines) is 1. The molecule has 2 saturated heterocycles. The van der Waals surface area contributed by atoms with Crippen molar-refractivity contribution < 1.29 is 13.9 Å². The van der Waals surface area contributed by atoms with E-state index in [1.807, 2.05) is 47.4 Å². The van der Waals surface area contributed by atoms with E-state index in [1.54, 1.807) is 0 Å². The van der Waals surface area contributed by atoms with Gasteiger partial charge in [0.15, 0.2) is 11.6 Å². The van der Waals surface area contributed by atoms with Crippen molar-refractivity contribution in [1.29, 1.82) is 5.26 Å². The number of fused-ring (bicyclic) bond motifs is 2. The van der Waals surface area contributed by atoms with Crippen LogP contribution >= 0.6 is 27.5 Å². The summed E-state index contributed by atoms with van der Waals surface area (Å²) < 4.78 is 20.6. The molecule has 0 radical (unpaired) electrons. The van der Waals surface area contributed by atoms with Crippen LogP contribution in [0.5, 0.6) is 6.01 Å². The minimum absolute atomic E-state index is 0.0268. The van der Waals surface area contributed by atoms with Crippen molar-refractivity contribution in [3.8, 4) is 23.2 Å². The molecule has 0 aliphatic carbocycles. The van der Waals surface area contributed by atoms with Crippen LogP contribution in [-0.2, 0) is 4.79 Å². The minimum Gasteiger partial charge on any atom is -0.462 e. The molecule has 0 saturated carbocycles. The van der Waals surface area contributed by atoms with Crippen LogP contribution in [0, 0.1) is 11.3 Å². The maximum atomic E-state index is 13.8. The normalized spacial score (nSPS) is 19.0. The van der Waals surface area contributed by atoms with Gasteiger partial charge in [0.05, 0.1) is 24.0 Å². The quantitative estimate of drug-likeness (QED) is 0.170. The van der Waals surface area contributed by atoms with E-state index in [2.05, 4.69) is 40.5 Å². The van der Waals surface area contributed by atoms with Crippen LogP contribution < -0.4 is 9.64 Å². The van der Waals surface area contributed by atoms with Gasteiger partial charge in [-0.25, -0.2) is 9.37 Å². The Morgan fingerprint density at radius 2 is 1.95 bits per heavy atom. The van der Waals surface area contributed by atoms with E-state index in [4.69, 9.17) is 31.3 Å². The van der Waals surface area contributed by atoms with E-state index in [0.29, 0.717) is 39.6 Å². The van der Waals surface area contributed by atoms with Crippen molar-refractivity contribution in [2.75, 3.05) is 44.7 Å². The number of nitrogens with zero attached hydrogens (tertiary/aromatic N) is 7. The third-order valence-electron chi connectivity index (χ3n) is 8.41. The van der Waals surface area contributed by atoms with E-state index < -0.39 is 17.8 Å². The molecule has 0 spiro atoms. The molecular formula is C32H30BrClFN7O2. The van der Waals surface area contributed by atoms with E-state index >= 15 is 0 Å². The number of likely N-dealkylation sites (N-methyl/N-ethyl adjacent to an activating group) is 1. The maximum absolute atomic E-state index is 13.8. The number of benzene rings is 2. The van der Waals surface area contributed by atoms with Gasteiger partial charge in [-0.15, -0.1) is 0 Å². The van der Waals surface area contributed by atoms with Gasteiger partial charge in [0.1, 0.15) is 16.7 Å². The lowest BCUT2D eigenvalue weighted by molar-refractivity contribution is -0.131. The molecule has 0 bridgehead atoms. The Morgan fingerprint density at radius 3 is 2.68 bits per heavy atom. The number of anilines is 1. The van der Waals surface area contributed by atoms with Gasteiger partial charge in [0.25, 0.3) is 5.91 Å². The van der Waals surface area contributed by atoms with Gasteiger partial charge < -0.3 is 19.4 Å². The molecule has 226 valence electrons. The summed E-state index contributed by atoms with van der Waals surface area (Å²) in [6.07, 6.45) is 2.17. The molecule has 44 heavy (non-hydrogen) atoms. The van der Waals surface area contributed by atoms with Crippen LogP contribution in [0.1, 0.15) is 19.3 Å². The zero-order valence-electron chi connectivity index (χ0n) is 24.1. The first-order valence-corrected chi connectivity index (χ1v) is 15.6. The Bertz CT molecular complexity index is 1810. The second kappa shape index (κ2) is 12.6. The Balaban J connectivity index is 1.45. The van der Waals surface area contributed by atoms with Crippen molar-refractivity contribution in [3.63, 3.8) is 0 Å². The predicted octanol–water partition coefficient (Wildman–Crippen LogP) is 6.15. The highest BCUT2D eigenvalue weighted by Gasteiger charge is 2.34. The molecule has 0 N–H and O–H groups in total. The number of carbonyl (C=O) groups is 1. The van der Waals surface area contributed by atoms with Crippen LogP contribution in [0.4, 0.5) is 10.2 Å². The van der Waals surface area contributed by atoms with Gasteiger partial charge in [-0.1, -0.05) is 48.5 Å². The summed E-state index contributed by atoms with van der Waals surface area (Å²) in [7, 11) is 2.08. The van der Waals surface area contributed by atoms with Crippen LogP contribution in [0.3, 0.4) is 0 Å². The molecule has 12 heteroatoms. The molecule has 2 aromatic carbocycles. The number of halogens is 3. The standard InChI is InChI=1S/C32H30BrClFN7O2/c1-19(35)31(43)42-15-14-41(17-21(42)11-12-36)30-28-26(37-32(39-30)44-18-22-8-5-13-40(22)2)16-24(29(33)38-28)23-9-3-6-20-7-4-10-25(34)27(20)23/h3-4,6-7,9-10,16,21-22H,1,5,8,11,13-15,17-18H2,2H3. The number of hydrogen-bond acceptors (Lipinski definition) is 8. The fourth-order valence-electron chi connectivity index (χ4n) is 6.11. The summed E-state index contributed by atoms with van der Waals surface area (Å²) >= 11 is 10.4. The molecule has 2 unspecified atom stereocenters. The number of piperazine rings is 1. The highest BCUT2D eigenvalue weighted by Crippen LogP contribution is 2.39. The van der Waals surface area contributed by atoms with Gasteiger partial charge in [0, 0.05) is 41.6 Å². The molecule has 4 aromatic rings. The molecule has 2 fully saturated rings. The van der Waals surface area contributed by atoms with Gasteiger partial charge in [0.2, 0.25) is 0 Å². The lowest BCUT2D eigenvalue weighted by Crippen LogP contribution is -2.55. The predicted molar refractivity (Wildman–Crippen MR) is 172 cm³/mol. The summed E-state index contributed by atoms with van der Waals surface area (Å²) in [5.74, 6) is -1.34. The Hall–Kier alpha value is -3.85. The van der Waals surface area contributed by atoms with Crippen molar-refractivity contribution >= 4 is 61.1 Å². The van der Waals surface area contributed by atoms with E-state index in [-0.39, 0.29) is 31.6 Å². The zero-order chi connectivity index (χ0) is 31.0. The maximum Gasteiger partial charge on any atom is 0.319 e. The topological polar surface area (TPSA) is 98.5 Å². The molecular weight excluding hydrogens is 649 g/mol. The number of nitriles is 1. The van der Waals surface area contributed by atoms with Gasteiger partial charge >= 0.3 is 6.01 Å². The molecule has 2 atom stereocenters. The van der Waals surface area contributed by atoms with E-state index in [0.717, 1.165) is 41.3 Å². The van der Waals surface area contributed by atoms with E-state index in [1.165, 1.54) is 4.90 Å². The number of pyridine rings is 1. The number of aromatic nitrogens is 3. The summed E-state index contributed by atoms with van der Waals surface area (Å²) in [4.78, 5) is 32.6. The highest BCUT2D eigenvalue weighted by molar-refractivity contribution is 9.10. The van der Waals surface area contributed by atoms with Crippen molar-refractivity contribution in [2.45, 2.75) is 31.3 Å². The third-order valence-corrected chi connectivity index (χ3v) is 9.33. The number of rotatable bonds is 7. The van der Waals surface area contributed by atoms with Crippen molar-refractivity contribution in [3.05, 3.63) is 64.5 Å². The average Bonchev–Trinajstić information content (AvgIpc) is 3.43. The summed E-state index contributed by atoms with van der Waals surface area (Å²) in [6.45, 7) is 5.41. The fraction of sp³-hybridized carbons (Fsp3) is 0.344. The molecule has 1 amide bonds. The lowest BCUT2D eigenvalue weighted by Gasteiger charge is -2.41. The molecule has 2 aliphatic heterocycles. The largest absolute Gasteiger partial charge is 0.462 e. The molecule has 6 rings (SSSR count). The Morgan fingerprint density at radius 1 is 1.16 bits per heavy atom. The summed E-state index contributed by atoms with van der Waals surface area (Å²) in [5, 5.41) is 12.0. The smallest absolute Gasteiger partial charge is 0.319 e. The lowest BCUT2D eigenvalue weighted by atomic mass is 9.99. The first-order valence-electron chi connectivity index (χ1n) is 14.4. The Labute approximate surface area is 268 Å².